The number of rotatable bonds is 7. The number of likely N-dealkylation sites (tertiary alicyclic amines) is 1. The number of hydrogen-bond donors (Lipinski definition) is 0. The number of carbonyl (C=O) groups excluding carboxylic acids is 2. The van der Waals surface area contributed by atoms with Crippen LogP contribution in [-0.4, -0.2) is 74.8 Å². The number of halogens is 1. The second kappa shape index (κ2) is 12.5. The third-order valence-electron chi connectivity index (χ3n) is 8.38. The fraction of sp³-hybridized carbons (Fsp3) is 0.750. The number of fused-ring (bicyclic) bond motifs is 1. The first-order chi connectivity index (χ1) is 18.4. The van der Waals surface area contributed by atoms with E-state index in [1.165, 1.54) is 0 Å². The smallest absolute Gasteiger partial charge is 0.210 e. The molecule has 3 aliphatic rings. The van der Waals surface area contributed by atoms with Crippen LogP contribution in [0.5, 0.6) is 0 Å². The van der Waals surface area contributed by atoms with Gasteiger partial charge in [-0.3, -0.25) is 9.59 Å². The maximum absolute atomic E-state index is 13.7. The molecule has 2 aromatic heterocycles. The zero-order valence-corrected chi connectivity index (χ0v) is 24.2. The number of Topliss-reactive ketones (excluding diaryl/α,β-unsaturated/α-hetero) is 2. The summed E-state index contributed by atoms with van der Waals surface area (Å²) in [6, 6.07) is 0.339. The molecule has 1 saturated carbocycles. The van der Waals surface area contributed by atoms with Gasteiger partial charge in [-0.1, -0.05) is 45.2 Å². The lowest BCUT2D eigenvalue weighted by molar-refractivity contribution is -0.206. The summed E-state index contributed by atoms with van der Waals surface area (Å²) < 4.78 is 13.9. The molecule has 4 atom stereocenters. The highest BCUT2D eigenvalue weighted by Crippen LogP contribution is 2.42. The van der Waals surface area contributed by atoms with E-state index in [1.807, 2.05) is 18.5 Å². The van der Waals surface area contributed by atoms with Gasteiger partial charge in [-0.25, -0.2) is 14.6 Å². The zero-order chi connectivity index (χ0) is 27.4. The largest absolute Gasteiger partial charge is 0.347 e. The molecule has 38 heavy (non-hydrogen) atoms. The van der Waals surface area contributed by atoms with Gasteiger partial charge >= 0.3 is 0 Å². The minimum absolute atomic E-state index is 0.0481. The molecule has 2 aromatic rings. The maximum atomic E-state index is 13.7. The van der Waals surface area contributed by atoms with Gasteiger partial charge in [-0.15, -0.1) is 0 Å². The van der Waals surface area contributed by atoms with Crippen LogP contribution in [-0.2, 0) is 14.3 Å². The van der Waals surface area contributed by atoms with Gasteiger partial charge in [0.1, 0.15) is 0 Å². The number of hydrogen-bond acceptors (Lipinski definition) is 8. The Kier molecular flexibility index (Phi) is 9.55. The Hall–Kier alpha value is -1.94. The molecule has 0 bridgehead atoms. The number of ether oxygens (including phenoxy) is 2. The number of likely N-dealkylation sites (N-methyl/N-ethyl adjacent to an activating group) is 1. The average molecular weight is 548 g/mol. The number of piperidine rings is 1. The van der Waals surface area contributed by atoms with Crippen LogP contribution in [0.3, 0.4) is 0 Å². The SMILES string of the molecule is CC.CCCCC1(C2CCCC(C(=O)c3ncc4c(Cl)nn(C5CCCN(C)C5C)c4n3)C2=O)OCCO1. The van der Waals surface area contributed by atoms with Crippen LogP contribution in [0.2, 0.25) is 5.15 Å². The molecule has 0 spiro atoms. The van der Waals surface area contributed by atoms with Gasteiger partial charge in [-0.2, -0.15) is 5.10 Å². The minimum atomic E-state index is -0.911. The van der Waals surface area contributed by atoms with E-state index < -0.39 is 17.6 Å². The molecule has 0 radical (unpaired) electrons. The summed E-state index contributed by atoms with van der Waals surface area (Å²) in [5.74, 6) is -2.55. The zero-order valence-electron chi connectivity index (χ0n) is 23.4. The average Bonchev–Trinajstić information content (AvgIpc) is 3.55. The Balaban J connectivity index is 0.00000164. The molecule has 2 aliphatic heterocycles. The molecular formula is C28H42ClN5O4. The van der Waals surface area contributed by atoms with Crippen molar-refractivity contribution in [1.29, 1.82) is 0 Å². The summed E-state index contributed by atoms with van der Waals surface area (Å²) in [7, 11) is 2.10. The standard InChI is InChI=1S/C26H36ClN5O4.C2H6/c1-4-5-11-26(35-13-14-36-26)19-9-6-8-17(21(19)33)22(34)24-28-15-18-23(27)30-32(25(18)29-24)20-10-7-12-31(3)16(20)2;1-2/h15-17,19-20H,4-14H2,1-3H3;1-2H3. The molecule has 1 aliphatic carbocycles. The van der Waals surface area contributed by atoms with Crippen LogP contribution in [0.1, 0.15) is 95.7 Å². The third-order valence-corrected chi connectivity index (χ3v) is 8.65. The number of nitrogens with zero attached hydrogens (tertiary/aromatic N) is 5. The number of unbranched alkanes of at least 4 members (excludes halogenated alkanes) is 1. The van der Waals surface area contributed by atoms with Crippen molar-refractivity contribution in [1.82, 2.24) is 24.6 Å². The first-order valence-electron chi connectivity index (χ1n) is 14.3. The normalized spacial score (nSPS) is 27.8. The van der Waals surface area contributed by atoms with E-state index in [2.05, 4.69) is 40.9 Å². The Morgan fingerprint density at radius 2 is 1.92 bits per heavy atom. The van der Waals surface area contributed by atoms with Crippen molar-refractivity contribution in [3.63, 3.8) is 0 Å². The van der Waals surface area contributed by atoms with Crippen molar-refractivity contribution in [3.05, 3.63) is 17.2 Å². The highest BCUT2D eigenvalue weighted by atomic mass is 35.5. The molecular weight excluding hydrogens is 506 g/mol. The predicted octanol–water partition coefficient (Wildman–Crippen LogP) is 5.26. The van der Waals surface area contributed by atoms with Crippen molar-refractivity contribution in [2.75, 3.05) is 26.8 Å². The van der Waals surface area contributed by atoms with Gasteiger partial charge in [0.15, 0.2) is 28.2 Å². The van der Waals surface area contributed by atoms with Crippen LogP contribution in [0, 0.1) is 11.8 Å². The van der Waals surface area contributed by atoms with E-state index >= 15 is 0 Å². The van der Waals surface area contributed by atoms with E-state index in [0.29, 0.717) is 48.7 Å². The summed E-state index contributed by atoms with van der Waals surface area (Å²) in [6.07, 6.45) is 8.03. The summed E-state index contributed by atoms with van der Waals surface area (Å²) in [6.45, 7) is 10.3. The number of aromatic nitrogens is 4. The van der Waals surface area contributed by atoms with Crippen LogP contribution in [0.15, 0.2) is 6.20 Å². The number of carbonyl (C=O) groups is 2. The second-order valence-electron chi connectivity index (χ2n) is 10.5. The molecule has 0 aromatic carbocycles. The Morgan fingerprint density at radius 3 is 2.63 bits per heavy atom. The van der Waals surface area contributed by atoms with Gasteiger partial charge in [0, 0.05) is 18.7 Å². The lowest BCUT2D eigenvalue weighted by atomic mass is 9.73. The molecule has 4 unspecified atom stereocenters. The van der Waals surface area contributed by atoms with Crippen molar-refractivity contribution in [2.24, 2.45) is 11.8 Å². The molecule has 4 heterocycles. The van der Waals surface area contributed by atoms with Crippen molar-refractivity contribution >= 4 is 34.2 Å². The van der Waals surface area contributed by atoms with E-state index in [0.717, 1.165) is 38.6 Å². The van der Waals surface area contributed by atoms with Crippen LogP contribution >= 0.6 is 11.6 Å². The molecule has 2 saturated heterocycles. The fourth-order valence-electron chi connectivity index (χ4n) is 6.17. The Labute approximate surface area is 230 Å². The monoisotopic (exact) mass is 547 g/mol. The van der Waals surface area contributed by atoms with E-state index in [9.17, 15) is 9.59 Å². The first kappa shape index (κ1) is 29.1. The quantitative estimate of drug-likeness (QED) is 0.342. The van der Waals surface area contributed by atoms with Crippen LogP contribution < -0.4 is 0 Å². The highest BCUT2D eigenvalue weighted by molar-refractivity contribution is 6.34. The number of ketones is 2. The highest BCUT2D eigenvalue weighted by Gasteiger charge is 2.51. The minimum Gasteiger partial charge on any atom is -0.347 e. The predicted molar refractivity (Wildman–Crippen MR) is 146 cm³/mol. The lowest BCUT2D eigenvalue weighted by Crippen LogP contribution is -2.49. The summed E-state index contributed by atoms with van der Waals surface area (Å²) in [5.41, 5.74) is 0.548. The van der Waals surface area contributed by atoms with Crippen molar-refractivity contribution in [2.45, 2.75) is 96.9 Å². The summed E-state index contributed by atoms with van der Waals surface area (Å²) >= 11 is 6.44. The topological polar surface area (TPSA) is 99.4 Å². The Morgan fingerprint density at radius 1 is 1.18 bits per heavy atom. The van der Waals surface area contributed by atoms with Crippen LogP contribution in [0.25, 0.3) is 11.0 Å². The van der Waals surface area contributed by atoms with Gasteiger partial charge in [0.05, 0.1) is 36.5 Å². The maximum Gasteiger partial charge on any atom is 0.210 e. The molecule has 3 fully saturated rings. The molecule has 0 amide bonds. The summed E-state index contributed by atoms with van der Waals surface area (Å²) in [5, 5.41) is 5.51. The molecule has 210 valence electrons. The molecule has 0 N–H and O–H groups in total. The molecule has 9 nitrogen and oxygen atoms in total. The first-order valence-corrected chi connectivity index (χ1v) is 14.7. The fourth-order valence-corrected chi connectivity index (χ4v) is 6.39. The van der Waals surface area contributed by atoms with E-state index in [1.54, 1.807) is 6.20 Å². The second-order valence-corrected chi connectivity index (χ2v) is 10.9. The molecule has 5 rings (SSSR count). The van der Waals surface area contributed by atoms with Gasteiger partial charge in [0.2, 0.25) is 5.78 Å². The lowest BCUT2D eigenvalue weighted by Gasteiger charge is -2.38. The van der Waals surface area contributed by atoms with Crippen LogP contribution in [0.4, 0.5) is 0 Å². The van der Waals surface area contributed by atoms with Gasteiger partial charge in [-0.05, 0) is 52.6 Å². The van der Waals surface area contributed by atoms with Gasteiger partial charge in [0.25, 0.3) is 0 Å². The van der Waals surface area contributed by atoms with E-state index in [-0.39, 0.29) is 29.5 Å². The third kappa shape index (κ3) is 5.40. The van der Waals surface area contributed by atoms with Crippen molar-refractivity contribution in [3.8, 4) is 0 Å². The summed E-state index contributed by atoms with van der Waals surface area (Å²) in [4.78, 5) is 38.6. The van der Waals surface area contributed by atoms with E-state index in [4.69, 9.17) is 21.1 Å². The van der Waals surface area contributed by atoms with Gasteiger partial charge < -0.3 is 14.4 Å². The Bertz CT molecular complexity index is 1130. The molecule has 10 heteroatoms. The van der Waals surface area contributed by atoms with Crippen molar-refractivity contribution < 1.29 is 19.1 Å².